The smallest absolute Gasteiger partial charge is 0.275 e. The van der Waals surface area contributed by atoms with Gasteiger partial charge in [0, 0.05) is 10.5 Å². The maximum absolute atomic E-state index is 11.9. The van der Waals surface area contributed by atoms with Crippen LogP contribution in [0.5, 0.6) is 0 Å². The van der Waals surface area contributed by atoms with Crippen molar-refractivity contribution in [3.63, 3.8) is 0 Å². The number of nitrogens with two attached hydrogens (primary N) is 1. The van der Waals surface area contributed by atoms with Gasteiger partial charge in [0.25, 0.3) is 5.91 Å². The fourth-order valence-corrected chi connectivity index (χ4v) is 4.33. The quantitative estimate of drug-likeness (QED) is 0.429. The third kappa shape index (κ3) is 2.97. The highest BCUT2D eigenvalue weighted by Crippen LogP contribution is 2.34. The molecule has 0 atom stereocenters. The van der Waals surface area contributed by atoms with Crippen LogP contribution in [0.4, 0.5) is 0 Å². The van der Waals surface area contributed by atoms with Gasteiger partial charge in [-0.05, 0) is 29.1 Å². The molecule has 108 valence electrons. The first-order valence-corrected chi connectivity index (χ1v) is 8.38. The zero-order valence-corrected chi connectivity index (χ0v) is 12.8. The Hall–Kier alpha value is -1.76. The fraction of sp³-hybridized carbons (Fsp3) is 0.133. The SMILES string of the molecule is NNC(=O)c1sc2ccccc2c1CSCc1ccco1. The van der Waals surface area contributed by atoms with Crippen LogP contribution < -0.4 is 11.3 Å². The Morgan fingerprint density at radius 1 is 1.24 bits per heavy atom. The first kappa shape index (κ1) is 14.2. The maximum Gasteiger partial charge on any atom is 0.275 e. The molecule has 21 heavy (non-hydrogen) atoms. The highest BCUT2D eigenvalue weighted by atomic mass is 32.2. The van der Waals surface area contributed by atoms with E-state index in [-0.39, 0.29) is 5.91 Å². The van der Waals surface area contributed by atoms with Crippen LogP contribution in [-0.4, -0.2) is 5.91 Å². The predicted octanol–water partition coefficient (Wildman–Crippen LogP) is 3.53. The Bertz CT molecular complexity index is 750. The zero-order valence-electron chi connectivity index (χ0n) is 11.2. The summed E-state index contributed by atoms with van der Waals surface area (Å²) in [7, 11) is 0. The molecule has 2 aromatic heterocycles. The molecule has 0 spiro atoms. The molecule has 0 saturated carbocycles. The number of furan rings is 1. The minimum atomic E-state index is -0.232. The van der Waals surface area contributed by atoms with Crippen molar-refractivity contribution in [3.8, 4) is 0 Å². The summed E-state index contributed by atoms with van der Waals surface area (Å²) in [5.74, 6) is 7.51. The van der Waals surface area contributed by atoms with Crippen molar-refractivity contribution >= 4 is 39.1 Å². The molecule has 6 heteroatoms. The molecule has 0 aliphatic carbocycles. The molecule has 0 saturated heterocycles. The van der Waals surface area contributed by atoms with Crippen molar-refractivity contribution in [1.82, 2.24) is 5.43 Å². The molecular weight excluding hydrogens is 304 g/mol. The zero-order chi connectivity index (χ0) is 14.7. The number of hydrogen-bond donors (Lipinski definition) is 2. The van der Waals surface area contributed by atoms with Crippen LogP contribution in [0.3, 0.4) is 0 Å². The van der Waals surface area contributed by atoms with Gasteiger partial charge in [-0.2, -0.15) is 0 Å². The lowest BCUT2D eigenvalue weighted by Gasteiger charge is -2.03. The van der Waals surface area contributed by atoms with Crippen molar-refractivity contribution in [2.24, 2.45) is 5.84 Å². The van der Waals surface area contributed by atoms with Gasteiger partial charge in [-0.3, -0.25) is 10.2 Å². The van der Waals surface area contributed by atoms with Crippen molar-refractivity contribution in [2.75, 3.05) is 0 Å². The van der Waals surface area contributed by atoms with E-state index < -0.39 is 0 Å². The van der Waals surface area contributed by atoms with Gasteiger partial charge in [0.15, 0.2) is 0 Å². The Labute approximate surface area is 130 Å². The molecule has 4 nitrogen and oxygen atoms in total. The Kier molecular flexibility index (Phi) is 4.28. The standard InChI is InChI=1S/C15H14N2O2S2/c16-17-15(18)14-12(9-20-8-10-4-3-7-19-10)11-5-1-2-6-13(11)21-14/h1-7H,8-9,16H2,(H,17,18). The van der Waals surface area contributed by atoms with Crippen LogP contribution in [0.15, 0.2) is 47.1 Å². The molecule has 0 aliphatic rings. The summed E-state index contributed by atoms with van der Waals surface area (Å²) < 4.78 is 6.42. The number of thioether (sulfide) groups is 1. The second-order valence-electron chi connectivity index (χ2n) is 4.45. The molecule has 0 aliphatic heterocycles. The number of benzene rings is 1. The van der Waals surface area contributed by atoms with Crippen LogP contribution in [0.2, 0.25) is 0 Å². The minimum Gasteiger partial charge on any atom is -0.468 e. The lowest BCUT2D eigenvalue weighted by atomic mass is 10.1. The summed E-state index contributed by atoms with van der Waals surface area (Å²) in [6, 6.07) is 11.9. The van der Waals surface area contributed by atoms with E-state index >= 15 is 0 Å². The van der Waals surface area contributed by atoms with Gasteiger partial charge in [-0.25, -0.2) is 5.84 Å². The molecule has 3 aromatic rings. The van der Waals surface area contributed by atoms with E-state index in [1.54, 1.807) is 18.0 Å². The predicted molar refractivity (Wildman–Crippen MR) is 87.2 cm³/mol. The number of nitrogen functional groups attached to an aromatic ring is 1. The number of rotatable bonds is 5. The molecule has 3 rings (SSSR count). The van der Waals surface area contributed by atoms with Gasteiger partial charge in [-0.1, -0.05) is 18.2 Å². The van der Waals surface area contributed by atoms with E-state index in [9.17, 15) is 4.79 Å². The molecule has 0 bridgehead atoms. The molecule has 1 aromatic carbocycles. The molecule has 0 radical (unpaired) electrons. The number of carbonyl (C=O) groups excluding carboxylic acids is 1. The van der Waals surface area contributed by atoms with Crippen molar-refractivity contribution in [3.05, 3.63) is 58.9 Å². The van der Waals surface area contributed by atoms with E-state index in [4.69, 9.17) is 10.3 Å². The van der Waals surface area contributed by atoms with E-state index in [0.717, 1.165) is 32.9 Å². The number of thiophene rings is 1. The lowest BCUT2D eigenvalue weighted by Crippen LogP contribution is -2.29. The normalized spacial score (nSPS) is 10.9. The number of fused-ring (bicyclic) bond motifs is 1. The largest absolute Gasteiger partial charge is 0.468 e. The molecule has 0 fully saturated rings. The number of hydrogen-bond acceptors (Lipinski definition) is 5. The third-order valence-corrected chi connectivity index (χ3v) is 5.30. The van der Waals surface area contributed by atoms with Crippen molar-refractivity contribution < 1.29 is 9.21 Å². The molecule has 1 amide bonds. The lowest BCUT2D eigenvalue weighted by molar-refractivity contribution is 0.0957. The van der Waals surface area contributed by atoms with Gasteiger partial charge in [0.1, 0.15) is 5.76 Å². The fourth-order valence-electron chi connectivity index (χ4n) is 2.14. The van der Waals surface area contributed by atoms with Crippen molar-refractivity contribution in [1.29, 1.82) is 0 Å². The topological polar surface area (TPSA) is 68.3 Å². The first-order chi connectivity index (χ1) is 10.3. The van der Waals surface area contributed by atoms with E-state index in [1.807, 2.05) is 36.4 Å². The highest BCUT2D eigenvalue weighted by Gasteiger charge is 2.17. The van der Waals surface area contributed by atoms with Gasteiger partial charge < -0.3 is 4.42 Å². The van der Waals surface area contributed by atoms with Crippen LogP contribution in [0, 0.1) is 0 Å². The van der Waals surface area contributed by atoms with E-state index in [0.29, 0.717) is 4.88 Å². The summed E-state index contributed by atoms with van der Waals surface area (Å²) in [5.41, 5.74) is 3.27. The van der Waals surface area contributed by atoms with Gasteiger partial charge >= 0.3 is 0 Å². The van der Waals surface area contributed by atoms with E-state index in [2.05, 4.69) is 5.43 Å². The second-order valence-corrected chi connectivity index (χ2v) is 6.49. The Morgan fingerprint density at radius 2 is 2.10 bits per heavy atom. The summed E-state index contributed by atoms with van der Waals surface area (Å²) in [6.07, 6.45) is 1.67. The summed E-state index contributed by atoms with van der Waals surface area (Å²) in [6.45, 7) is 0. The molecular formula is C15H14N2O2S2. The molecule has 3 N–H and O–H groups in total. The van der Waals surface area contributed by atoms with Crippen LogP contribution >= 0.6 is 23.1 Å². The monoisotopic (exact) mass is 318 g/mol. The average molecular weight is 318 g/mol. The van der Waals surface area contributed by atoms with Crippen LogP contribution in [0.25, 0.3) is 10.1 Å². The van der Waals surface area contributed by atoms with Crippen LogP contribution in [0.1, 0.15) is 21.0 Å². The highest BCUT2D eigenvalue weighted by molar-refractivity contribution is 7.97. The maximum atomic E-state index is 11.9. The van der Waals surface area contributed by atoms with Gasteiger partial charge in [0.05, 0.1) is 16.9 Å². The van der Waals surface area contributed by atoms with Crippen molar-refractivity contribution in [2.45, 2.75) is 11.5 Å². The number of amides is 1. The number of hydrazine groups is 1. The minimum absolute atomic E-state index is 0.232. The number of carbonyl (C=O) groups is 1. The average Bonchev–Trinajstić information content (AvgIpc) is 3.14. The summed E-state index contributed by atoms with van der Waals surface area (Å²) in [4.78, 5) is 12.6. The van der Waals surface area contributed by atoms with E-state index in [1.165, 1.54) is 11.3 Å². The van der Waals surface area contributed by atoms with Gasteiger partial charge in [0.2, 0.25) is 0 Å². The molecule has 0 unspecified atom stereocenters. The van der Waals surface area contributed by atoms with Crippen LogP contribution in [-0.2, 0) is 11.5 Å². The number of nitrogens with one attached hydrogen (secondary N) is 1. The Morgan fingerprint density at radius 3 is 2.86 bits per heavy atom. The first-order valence-electron chi connectivity index (χ1n) is 6.41. The molecule has 2 heterocycles. The third-order valence-electron chi connectivity index (χ3n) is 3.11. The summed E-state index contributed by atoms with van der Waals surface area (Å²) >= 11 is 3.19. The van der Waals surface area contributed by atoms with Gasteiger partial charge in [-0.15, -0.1) is 23.1 Å². The summed E-state index contributed by atoms with van der Waals surface area (Å²) in [5, 5.41) is 1.12. The Balaban J connectivity index is 1.86. The second kappa shape index (κ2) is 6.34.